The van der Waals surface area contributed by atoms with Crippen molar-refractivity contribution in [3.05, 3.63) is 77.2 Å². The Morgan fingerprint density at radius 3 is 2.21 bits per heavy atom. The number of ether oxygens (including phenoxy) is 2. The fourth-order valence-electron chi connectivity index (χ4n) is 7.57. The molecule has 71 heavy (non-hydrogen) atoms. The number of benzene rings is 1. The predicted octanol–water partition coefficient (Wildman–Crippen LogP) is 6.73. The molecule has 5 aromatic rings. The summed E-state index contributed by atoms with van der Waals surface area (Å²) in [6.45, 7) is 17.8. The van der Waals surface area contributed by atoms with E-state index in [-0.39, 0.29) is 29.0 Å². The van der Waals surface area contributed by atoms with E-state index in [0.717, 1.165) is 17.1 Å². The number of imidazole rings is 1. The first kappa shape index (κ1) is 54.4. The molecule has 1 amide bonds. The summed E-state index contributed by atoms with van der Waals surface area (Å²) in [5.41, 5.74) is -0.253. The highest BCUT2D eigenvalue weighted by Crippen LogP contribution is 2.56. The van der Waals surface area contributed by atoms with Crippen LogP contribution in [0.15, 0.2) is 60.3 Å². The molecule has 0 spiro atoms. The minimum absolute atomic E-state index is 0.0786. The van der Waals surface area contributed by atoms with E-state index in [4.69, 9.17) is 36.4 Å². The molecule has 386 valence electrons. The van der Waals surface area contributed by atoms with E-state index in [2.05, 4.69) is 30.2 Å². The van der Waals surface area contributed by atoms with Crippen LogP contribution in [-0.2, 0) is 45.6 Å². The van der Waals surface area contributed by atoms with Crippen LogP contribution < -0.4 is 10.9 Å². The second-order valence-electron chi connectivity index (χ2n) is 20.1. The molecule has 0 bridgehead atoms. The minimum Gasteiger partial charge on any atom is -0.408 e. The lowest BCUT2D eigenvalue weighted by molar-refractivity contribution is -0.0628. The number of carbonyl (C=O) groups excluding carboxylic acids is 1. The number of fused-ring (bicyclic) bond motifs is 2. The first-order chi connectivity index (χ1) is 33.3. The van der Waals surface area contributed by atoms with Crippen LogP contribution in [0, 0.1) is 17.1 Å². The van der Waals surface area contributed by atoms with E-state index >= 15 is 8.96 Å². The van der Waals surface area contributed by atoms with Gasteiger partial charge in [0.25, 0.3) is 11.5 Å². The van der Waals surface area contributed by atoms with Crippen molar-refractivity contribution in [1.82, 2.24) is 34.1 Å². The van der Waals surface area contributed by atoms with Gasteiger partial charge < -0.3 is 47.7 Å². The second-order valence-corrected chi connectivity index (χ2v) is 32.0. The van der Waals surface area contributed by atoms with E-state index in [1.807, 2.05) is 73.8 Å². The van der Waals surface area contributed by atoms with Crippen molar-refractivity contribution in [3.8, 4) is 6.07 Å². The third-order valence-electron chi connectivity index (χ3n) is 13.3. The topological polar surface area (TPSA) is 296 Å². The Balaban J connectivity index is 1.28. The van der Waals surface area contributed by atoms with Crippen LogP contribution in [0.5, 0.6) is 0 Å². The van der Waals surface area contributed by atoms with Gasteiger partial charge in [-0.3, -0.25) is 32.3 Å². The molecule has 28 heteroatoms. The fourth-order valence-corrected chi connectivity index (χ4v) is 12.1. The number of nitrogens with one attached hydrogen (secondary N) is 2. The Kier molecular flexibility index (Phi) is 16.2. The van der Waals surface area contributed by atoms with Crippen molar-refractivity contribution in [1.29, 1.82) is 5.26 Å². The van der Waals surface area contributed by atoms with Crippen molar-refractivity contribution in [2.45, 2.75) is 133 Å². The number of nitrogens with zero attached hydrogens (tertiary/aromatic N) is 7. The summed E-state index contributed by atoms with van der Waals surface area (Å²) in [5, 5.41) is 21.8. The highest BCUT2D eigenvalue weighted by molar-refractivity contribution is 7.48. The molecule has 7 rings (SSSR count). The molecule has 5 unspecified atom stereocenters. The number of aliphatic hydroxyl groups excluding tert-OH is 1. The van der Waals surface area contributed by atoms with Crippen LogP contribution in [0.3, 0.4) is 0 Å². The zero-order valence-corrected chi connectivity index (χ0v) is 44.8. The third kappa shape index (κ3) is 11.5. The molecule has 10 atom stereocenters. The number of phosphoric ester groups is 1. The number of amides is 1. The molecule has 2 fully saturated rings. The van der Waals surface area contributed by atoms with Crippen LogP contribution in [0.25, 0.3) is 22.2 Å². The van der Waals surface area contributed by atoms with Gasteiger partial charge in [0.1, 0.15) is 48.3 Å². The van der Waals surface area contributed by atoms with Crippen molar-refractivity contribution in [2.75, 3.05) is 25.1 Å². The molecular weight excluding hydrogens is 1000 g/mol. The number of hydrogen-bond donors (Lipinski definition) is 4. The number of aromatic nitrogens is 7. The molecule has 0 saturated carbocycles. The van der Waals surface area contributed by atoms with Gasteiger partial charge in [-0.1, -0.05) is 59.7 Å². The van der Waals surface area contributed by atoms with Gasteiger partial charge in [-0.25, -0.2) is 28.9 Å². The summed E-state index contributed by atoms with van der Waals surface area (Å²) in [4.78, 5) is 56.2. The lowest BCUT2D eigenvalue weighted by Crippen LogP contribution is -2.50. The van der Waals surface area contributed by atoms with Crippen LogP contribution >= 0.6 is 16.1 Å². The van der Waals surface area contributed by atoms with E-state index in [1.54, 1.807) is 30.3 Å². The van der Waals surface area contributed by atoms with Crippen molar-refractivity contribution in [3.63, 3.8) is 0 Å². The first-order valence-electron chi connectivity index (χ1n) is 22.7. The summed E-state index contributed by atoms with van der Waals surface area (Å²) in [5.74, 6) is -1.34. The normalized spacial score (nSPS) is 24.6. The predicted molar refractivity (Wildman–Crippen MR) is 260 cm³/mol. The highest BCUT2D eigenvalue weighted by atomic mass is 31.2. The molecule has 4 aromatic heterocycles. The molecule has 2 saturated heterocycles. The summed E-state index contributed by atoms with van der Waals surface area (Å²) in [7, 11) is -14.5. The minimum atomic E-state index is -5.02. The lowest BCUT2D eigenvalue weighted by atomic mass is 10.1. The standard InChI is InChI=1S/C43H60FN9O14P2Si2/c1-42(2,3)70(7,8)66-32-27(20-54)62-40(52-19-26(44)29-36(52)47-23-49-39(29)56)33(32)65-69(59,60-18-14-17-45)61-21-28-31(64-68(57)58)34(67-71(9,10)43(4,5)6)41(63-28)53-24-50-30-35(46-22-48-37(30)53)51-38(55)25-15-12-11-13-16-25/h11-13,15-16,19,22-24,27-28,31-34,40-41,54,68H,14,18,20-21H2,1-10H3,(H,57,58)(H,47,49,56)(H,46,48,51,55)/t27?,28-,31-,32?,33-,34?,40-,41-,69?/m1/s1. The van der Waals surface area contributed by atoms with E-state index < -0.39 is 134 Å². The summed E-state index contributed by atoms with van der Waals surface area (Å²) < 4.78 is 97.0. The van der Waals surface area contributed by atoms with Gasteiger partial charge in [0.2, 0.25) is 0 Å². The van der Waals surface area contributed by atoms with Gasteiger partial charge in [-0.2, -0.15) is 5.26 Å². The lowest BCUT2D eigenvalue weighted by Gasteiger charge is -2.40. The number of hydrogen-bond acceptors (Lipinski definition) is 18. The Morgan fingerprint density at radius 2 is 1.58 bits per heavy atom. The number of H-pyrrole nitrogens is 1. The summed E-state index contributed by atoms with van der Waals surface area (Å²) >= 11 is 0. The Bertz CT molecular complexity index is 2890. The maximum Gasteiger partial charge on any atom is 0.475 e. The molecule has 6 heterocycles. The maximum atomic E-state index is 15.6. The van der Waals surface area contributed by atoms with E-state index in [9.17, 15) is 29.4 Å². The van der Waals surface area contributed by atoms with Gasteiger partial charge in [-0.05, 0) is 48.4 Å². The second kappa shape index (κ2) is 21.2. The average molecular weight is 1060 g/mol. The number of nitriles is 1. The molecular formula is C43H60FN9O14P2Si2. The van der Waals surface area contributed by atoms with Gasteiger partial charge >= 0.3 is 16.1 Å². The molecule has 4 N–H and O–H groups in total. The highest BCUT2D eigenvalue weighted by Gasteiger charge is 2.56. The van der Waals surface area contributed by atoms with Crippen molar-refractivity contribution < 1.29 is 64.7 Å². The maximum absolute atomic E-state index is 15.6. The smallest absolute Gasteiger partial charge is 0.408 e. The van der Waals surface area contributed by atoms with E-state index in [0.29, 0.717) is 5.56 Å². The average Bonchev–Trinajstić information content (AvgIpc) is 4.05. The largest absolute Gasteiger partial charge is 0.475 e. The molecule has 1 aromatic carbocycles. The van der Waals surface area contributed by atoms with Gasteiger partial charge in [0, 0.05) is 11.8 Å². The van der Waals surface area contributed by atoms with Crippen LogP contribution in [0.2, 0.25) is 36.3 Å². The molecule has 0 aliphatic carbocycles. The molecule has 23 nitrogen and oxygen atoms in total. The quantitative estimate of drug-likeness (QED) is 0.0378. The number of phosphoric acid groups is 1. The monoisotopic (exact) mass is 1060 g/mol. The zero-order valence-electron chi connectivity index (χ0n) is 40.9. The fraction of sp³-hybridized carbons (Fsp3) is 0.558. The van der Waals surface area contributed by atoms with Crippen molar-refractivity contribution >= 4 is 66.6 Å². The SMILES string of the molecule is CC(C)(C)[Si](C)(C)OC1C(CO)O[C@@H](n2cc(F)c3c(=O)[nH]cnc32)[C@@H]1OP(=O)(OCCC#N)OC[C@H]1O[C@@H](n2cnc3c(NC(=O)c4ccccc4)ncnc32)C(O[Si](C)(C)C(C)(C)C)[C@@H]1O[PH](=O)O. The number of aromatic amines is 1. The number of aliphatic hydroxyl groups is 1. The van der Waals surface area contributed by atoms with Gasteiger partial charge in [0.15, 0.2) is 57.5 Å². The Labute approximate surface area is 411 Å². The van der Waals surface area contributed by atoms with Gasteiger partial charge in [-0.15, -0.1) is 0 Å². The van der Waals surface area contributed by atoms with Crippen LogP contribution in [0.1, 0.15) is 70.8 Å². The third-order valence-corrected chi connectivity index (χ3v) is 24.2. The molecule has 2 aliphatic heterocycles. The van der Waals surface area contributed by atoms with Crippen molar-refractivity contribution in [2.24, 2.45) is 0 Å². The number of rotatable bonds is 19. The number of anilines is 1. The van der Waals surface area contributed by atoms with Gasteiger partial charge in [0.05, 0.1) is 45.0 Å². The molecule has 2 aliphatic rings. The first-order valence-corrected chi connectivity index (χ1v) is 31.2. The summed E-state index contributed by atoms with van der Waals surface area (Å²) in [6, 6.07) is 10.4. The molecule has 0 radical (unpaired) electrons. The number of halogens is 1. The van der Waals surface area contributed by atoms with E-state index in [1.165, 1.54) is 17.2 Å². The zero-order chi connectivity index (χ0) is 51.8. The summed E-state index contributed by atoms with van der Waals surface area (Å²) in [6.07, 6.45) is -6.32. The Morgan fingerprint density at radius 1 is 0.930 bits per heavy atom. The number of carbonyl (C=O) groups is 1. The van der Waals surface area contributed by atoms with Crippen LogP contribution in [0.4, 0.5) is 10.2 Å². The van der Waals surface area contributed by atoms with Crippen LogP contribution in [-0.4, -0.2) is 123 Å². The Hall–Kier alpha value is -4.43.